The molecule has 2 aliphatic heterocycles. The van der Waals surface area contributed by atoms with Crippen molar-refractivity contribution in [2.75, 3.05) is 45.9 Å². The van der Waals surface area contributed by atoms with Gasteiger partial charge in [-0.1, -0.05) is 13.3 Å². The van der Waals surface area contributed by atoms with E-state index in [9.17, 15) is 25.3 Å². The van der Waals surface area contributed by atoms with E-state index in [4.69, 9.17) is 14.6 Å². The number of piperidine rings is 2. The van der Waals surface area contributed by atoms with E-state index in [1.165, 1.54) is 24.5 Å². The van der Waals surface area contributed by atoms with Gasteiger partial charge in [0.05, 0.1) is 35.3 Å². The number of aliphatic hydroxyl groups excluding tert-OH is 2. The summed E-state index contributed by atoms with van der Waals surface area (Å²) in [6.45, 7) is 7.18. The van der Waals surface area contributed by atoms with Gasteiger partial charge in [-0.2, -0.15) is 0 Å². The second-order valence-electron chi connectivity index (χ2n) is 9.97. The third-order valence-corrected chi connectivity index (χ3v) is 7.20. The largest absolute Gasteiger partial charge is 0.473 e. The SMILES string of the molecule is CCCCOc1ncc(Br)cc1[N+](=O)[O-].O=[N+]([O-])c1cc(Br)cnc1OCCCN1CCCC(O)C1.OC1CCCNC1. The Kier molecular flexibility index (Phi) is 17.5. The molecule has 4 rings (SSSR count). The van der Waals surface area contributed by atoms with Crippen LogP contribution in [-0.4, -0.2) is 93.1 Å². The van der Waals surface area contributed by atoms with Crippen molar-refractivity contribution in [2.45, 2.75) is 64.1 Å². The zero-order valence-electron chi connectivity index (χ0n) is 24.2. The molecule has 4 heterocycles. The molecule has 0 aliphatic carbocycles. The number of hydrogen-bond donors (Lipinski definition) is 3. The number of ether oxygens (including phenoxy) is 2. The zero-order chi connectivity index (χ0) is 31.6. The van der Waals surface area contributed by atoms with Crippen molar-refractivity contribution in [3.8, 4) is 11.8 Å². The summed E-state index contributed by atoms with van der Waals surface area (Å²) in [5.74, 6) is 0.124. The van der Waals surface area contributed by atoms with E-state index in [-0.39, 0.29) is 35.3 Å². The number of likely N-dealkylation sites (tertiary alicyclic amines) is 1. The van der Waals surface area contributed by atoms with Crippen LogP contribution in [0.5, 0.6) is 11.8 Å². The van der Waals surface area contributed by atoms with Crippen molar-refractivity contribution >= 4 is 43.2 Å². The number of nitrogens with one attached hydrogen (secondary N) is 1. The lowest BCUT2D eigenvalue weighted by Crippen LogP contribution is -2.39. The van der Waals surface area contributed by atoms with E-state index in [1.54, 1.807) is 0 Å². The second kappa shape index (κ2) is 20.5. The van der Waals surface area contributed by atoms with E-state index < -0.39 is 9.85 Å². The van der Waals surface area contributed by atoms with E-state index in [0.29, 0.717) is 28.7 Å². The fourth-order valence-electron chi connectivity index (χ4n) is 4.15. The average Bonchev–Trinajstić information content (AvgIpc) is 2.98. The second-order valence-corrected chi connectivity index (χ2v) is 11.8. The quantitative estimate of drug-likeness (QED) is 0.165. The molecule has 2 aliphatic rings. The minimum Gasteiger partial charge on any atom is -0.473 e. The Balaban J connectivity index is 0.000000254. The van der Waals surface area contributed by atoms with Crippen LogP contribution in [0.2, 0.25) is 0 Å². The Hall–Kier alpha value is -2.50. The number of nitro groups is 2. The number of hydrogen-bond acceptors (Lipinski definition) is 12. The minimum atomic E-state index is -0.506. The van der Waals surface area contributed by atoms with Gasteiger partial charge in [0.25, 0.3) is 11.8 Å². The van der Waals surface area contributed by atoms with Gasteiger partial charge in [-0.05, 0) is 83.5 Å². The summed E-state index contributed by atoms with van der Waals surface area (Å²) in [5, 5.41) is 43.1. The molecule has 16 heteroatoms. The number of unbranched alkanes of at least 4 members (excludes halogenated alkanes) is 1. The topological polar surface area (TPSA) is 186 Å². The molecular weight excluding hydrogens is 696 g/mol. The summed E-state index contributed by atoms with van der Waals surface area (Å²) in [6, 6.07) is 2.76. The van der Waals surface area contributed by atoms with E-state index in [1.807, 2.05) is 6.92 Å². The van der Waals surface area contributed by atoms with Gasteiger partial charge in [0.15, 0.2) is 0 Å². The normalized spacial score (nSPS) is 18.3. The summed E-state index contributed by atoms with van der Waals surface area (Å²) in [4.78, 5) is 30.6. The number of halogens is 2. The van der Waals surface area contributed by atoms with Crippen molar-refractivity contribution < 1.29 is 29.5 Å². The van der Waals surface area contributed by atoms with Crippen LogP contribution in [0, 0.1) is 20.2 Å². The maximum atomic E-state index is 10.9. The first-order chi connectivity index (χ1) is 20.6. The molecule has 43 heavy (non-hydrogen) atoms. The molecule has 0 amide bonds. The molecule has 2 saturated heterocycles. The predicted molar refractivity (Wildman–Crippen MR) is 167 cm³/mol. The maximum Gasteiger partial charge on any atom is 0.332 e. The van der Waals surface area contributed by atoms with E-state index in [0.717, 1.165) is 71.1 Å². The van der Waals surface area contributed by atoms with Crippen LogP contribution in [0.15, 0.2) is 33.5 Å². The lowest BCUT2D eigenvalue weighted by atomic mass is 10.1. The molecule has 2 atom stereocenters. The molecule has 2 unspecified atom stereocenters. The van der Waals surface area contributed by atoms with E-state index >= 15 is 0 Å². The highest BCUT2D eigenvalue weighted by Gasteiger charge is 2.19. The van der Waals surface area contributed by atoms with Crippen LogP contribution in [0.4, 0.5) is 11.4 Å². The van der Waals surface area contributed by atoms with Crippen molar-refractivity contribution in [1.82, 2.24) is 20.2 Å². The van der Waals surface area contributed by atoms with Crippen molar-refractivity contribution in [3.05, 3.63) is 53.7 Å². The standard InChI is InChI=1S/C13H18BrN3O4.C9H11BrN2O3.C5H11NO/c14-10-7-12(17(19)20)13(15-8-10)21-6-2-5-16-4-1-3-11(18)9-16;1-2-3-4-15-9-8(12(13)14)5-7(10)6-11-9;7-5-2-1-3-6-4-5/h7-8,11,18H,1-6,9H2;5-6H,2-4H2,1H3;5-7H,1-4H2. The Labute approximate surface area is 267 Å². The highest BCUT2D eigenvalue weighted by molar-refractivity contribution is 9.10. The van der Waals surface area contributed by atoms with Gasteiger partial charge in [0.2, 0.25) is 0 Å². The summed E-state index contributed by atoms with van der Waals surface area (Å²) in [6.07, 6.45) is 9.18. The molecule has 0 aromatic carbocycles. The third kappa shape index (κ3) is 14.7. The fraction of sp³-hybridized carbons (Fsp3) is 0.630. The molecule has 3 N–H and O–H groups in total. The van der Waals surface area contributed by atoms with Gasteiger partial charge in [0, 0.05) is 53.1 Å². The maximum absolute atomic E-state index is 10.9. The molecule has 0 saturated carbocycles. The van der Waals surface area contributed by atoms with Crippen LogP contribution >= 0.6 is 31.9 Å². The molecule has 14 nitrogen and oxygen atoms in total. The number of rotatable bonds is 11. The van der Waals surface area contributed by atoms with Crippen LogP contribution in [0.3, 0.4) is 0 Å². The van der Waals surface area contributed by atoms with E-state index in [2.05, 4.69) is 52.0 Å². The number of pyridine rings is 2. The van der Waals surface area contributed by atoms with Crippen molar-refractivity contribution in [2.24, 2.45) is 0 Å². The first kappa shape index (κ1) is 36.7. The molecular formula is C27H40Br2N6O8. The average molecular weight is 736 g/mol. The predicted octanol–water partition coefficient (Wildman–Crippen LogP) is 4.64. The van der Waals surface area contributed by atoms with Crippen molar-refractivity contribution in [3.63, 3.8) is 0 Å². The number of aromatic nitrogens is 2. The summed E-state index contributed by atoms with van der Waals surface area (Å²) in [7, 11) is 0. The number of β-amino-alcohol motifs (C(OH)–C–C–N with tert-alkyl or cyclic N) is 2. The molecule has 0 spiro atoms. The van der Waals surface area contributed by atoms with Gasteiger partial charge >= 0.3 is 11.4 Å². The van der Waals surface area contributed by atoms with Crippen LogP contribution in [0.25, 0.3) is 0 Å². The monoisotopic (exact) mass is 734 g/mol. The molecule has 0 radical (unpaired) electrons. The minimum absolute atomic E-state index is 0.0434. The Morgan fingerprint density at radius 1 is 0.953 bits per heavy atom. The third-order valence-electron chi connectivity index (χ3n) is 6.34. The smallest absolute Gasteiger partial charge is 0.332 e. The van der Waals surface area contributed by atoms with Crippen LogP contribution < -0.4 is 14.8 Å². The van der Waals surface area contributed by atoms with Crippen LogP contribution in [-0.2, 0) is 0 Å². The zero-order valence-corrected chi connectivity index (χ0v) is 27.4. The van der Waals surface area contributed by atoms with Crippen molar-refractivity contribution in [1.29, 1.82) is 0 Å². The van der Waals surface area contributed by atoms with Gasteiger partial charge in [-0.3, -0.25) is 20.2 Å². The van der Waals surface area contributed by atoms with Gasteiger partial charge < -0.3 is 29.9 Å². The first-order valence-corrected chi connectivity index (χ1v) is 15.8. The summed E-state index contributed by atoms with van der Waals surface area (Å²) < 4.78 is 11.7. The fourth-order valence-corrected chi connectivity index (χ4v) is 4.79. The lowest BCUT2D eigenvalue weighted by molar-refractivity contribution is -0.386. The van der Waals surface area contributed by atoms with Gasteiger partial charge in [-0.15, -0.1) is 0 Å². The summed E-state index contributed by atoms with van der Waals surface area (Å²) in [5.41, 5.74) is -0.252. The Morgan fingerprint density at radius 3 is 1.95 bits per heavy atom. The Bertz CT molecular complexity index is 1140. The summed E-state index contributed by atoms with van der Waals surface area (Å²) >= 11 is 6.28. The Morgan fingerprint density at radius 2 is 1.51 bits per heavy atom. The molecule has 0 bridgehead atoms. The molecule has 240 valence electrons. The molecule has 2 fully saturated rings. The molecule has 2 aromatic heterocycles. The highest BCUT2D eigenvalue weighted by Crippen LogP contribution is 2.28. The highest BCUT2D eigenvalue weighted by atomic mass is 79.9. The molecule has 2 aromatic rings. The first-order valence-electron chi connectivity index (χ1n) is 14.2. The number of aliphatic hydroxyl groups is 2. The van der Waals surface area contributed by atoms with Gasteiger partial charge in [-0.25, -0.2) is 9.97 Å². The lowest BCUT2D eigenvalue weighted by Gasteiger charge is -2.29. The van der Waals surface area contributed by atoms with Gasteiger partial charge in [0.1, 0.15) is 0 Å². The van der Waals surface area contributed by atoms with Crippen LogP contribution in [0.1, 0.15) is 51.9 Å². The number of nitrogens with zero attached hydrogens (tertiary/aromatic N) is 5.